The van der Waals surface area contributed by atoms with Crippen molar-refractivity contribution in [2.75, 3.05) is 0 Å². The van der Waals surface area contributed by atoms with Crippen LogP contribution >= 0.6 is 11.8 Å². The average molecular weight is 262 g/mol. The molecule has 6 heteroatoms. The van der Waals surface area contributed by atoms with Crippen molar-refractivity contribution in [3.8, 4) is 0 Å². The number of thioether (sulfide) groups is 1. The molecule has 2 aliphatic rings. The molecule has 0 saturated carbocycles. The summed E-state index contributed by atoms with van der Waals surface area (Å²) in [5.41, 5.74) is 1.04. The van der Waals surface area contributed by atoms with Crippen LogP contribution in [0.15, 0.2) is 35.9 Å². The summed E-state index contributed by atoms with van der Waals surface area (Å²) in [4.78, 5) is 23.6. The fourth-order valence-electron chi connectivity index (χ4n) is 2.25. The Morgan fingerprint density at radius 2 is 2.06 bits per heavy atom. The van der Waals surface area contributed by atoms with Gasteiger partial charge in [0, 0.05) is 18.3 Å². The molecule has 1 unspecified atom stereocenters. The van der Waals surface area contributed by atoms with Crippen molar-refractivity contribution in [2.45, 2.75) is 11.8 Å². The van der Waals surface area contributed by atoms with E-state index >= 15 is 0 Å². The predicted octanol–water partition coefficient (Wildman–Crippen LogP) is 2.14. The Hall–Kier alpha value is -1.82. The molecule has 0 aromatic heterocycles. The molecule has 1 aromatic rings. The summed E-state index contributed by atoms with van der Waals surface area (Å²) >= 11 is 1.65. The minimum Gasteiger partial charge on any atom is -0.305 e. The number of hydrogen-bond acceptors (Lipinski definition) is 4. The van der Waals surface area contributed by atoms with Crippen LogP contribution in [-0.4, -0.2) is 21.1 Å². The lowest BCUT2D eigenvalue weighted by atomic mass is 9.91. The summed E-state index contributed by atoms with van der Waals surface area (Å²) in [7, 11) is 0. The van der Waals surface area contributed by atoms with Crippen molar-refractivity contribution in [3.63, 3.8) is 0 Å². The normalized spacial score (nSPS) is 24.9. The second-order valence-electron chi connectivity index (χ2n) is 4.29. The van der Waals surface area contributed by atoms with E-state index in [2.05, 4.69) is 0 Å². The van der Waals surface area contributed by atoms with E-state index in [1.807, 2.05) is 11.6 Å². The van der Waals surface area contributed by atoms with Crippen molar-refractivity contribution in [1.82, 2.24) is 4.90 Å². The van der Waals surface area contributed by atoms with E-state index in [0.717, 1.165) is 5.56 Å². The van der Waals surface area contributed by atoms with Crippen molar-refractivity contribution >= 4 is 23.4 Å². The maximum atomic E-state index is 11.8. The largest absolute Gasteiger partial charge is 0.305 e. The summed E-state index contributed by atoms with van der Waals surface area (Å²) in [6, 6.07) is 6.41. The van der Waals surface area contributed by atoms with Crippen LogP contribution in [0.4, 0.5) is 5.69 Å². The molecule has 2 atom stereocenters. The molecule has 92 valence electrons. The number of carbonyl (C=O) groups excluding carboxylic acids is 1. The van der Waals surface area contributed by atoms with Crippen LogP contribution in [0.3, 0.4) is 0 Å². The number of amides is 1. The number of fused-ring (bicyclic) bond motifs is 1. The number of nitrogens with zero attached hydrogens (tertiary/aromatic N) is 2. The monoisotopic (exact) mass is 262 g/mol. The van der Waals surface area contributed by atoms with Gasteiger partial charge in [-0.15, -0.1) is 11.8 Å². The van der Waals surface area contributed by atoms with Crippen molar-refractivity contribution in [3.05, 3.63) is 51.6 Å². The van der Waals surface area contributed by atoms with Crippen molar-refractivity contribution in [1.29, 1.82) is 0 Å². The van der Waals surface area contributed by atoms with E-state index in [4.69, 9.17) is 0 Å². The van der Waals surface area contributed by atoms with Gasteiger partial charge in [0.25, 0.3) is 5.69 Å². The molecule has 0 radical (unpaired) electrons. The molecule has 0 bridgehead atoms. The Kier molecular flexibility index (Phi) is 2.59. The second-order valence-corrected chi connectivity index (χ2v) is 5.32. The zero-order valence-corrected chi connectivity index (χ0v) is 10.2. The molecule has 0 aliphatic carbocycles. The number of nitro benzene ring substituents is 1. The molecule has 2 aliphatic heterocycles. The number of hydrogen-bond donors (Lipinski definition) is 0. The molecular weight excluding hydrogens is 252 g/mol. The second kappa shape index (κ2) is 4.13. The van der Waals surface area contributed by atoms with E-state index in [0.29, 0.717) is 6.42 Å². The highest BCUT2D eigenvalue weighted by Crippen LogP contribution is 2.42. The van der Waals surface area contributed by atoms with Crippen molar-refractivity contribution in [2.24, 2.45) is 5.92 Å². The van der Waals surface area contributed by atoms with E-state index in [1.54, 1.807) is 28.8 Å². The van der Waals surface area contributed by atoms with Gasteiger partial charge in [-0.25, -0.2) is 0 Å². The molecule has 1 saturated heterocycles. The number of carbonyl (C=O) groups is 1. The van der Waals surface area contributed by atoms with E-state index < -0.39 is 4.92 Å². The summed E-state index contributed by atoms with van der Waals surface area (Å²) in [5, 5.41) is 12.7. The van der Waals surface area contributed by atoms with Gasteiger partial charge in [-0.2, -0.15) is 0 Å². The number of nitro groups is 1. The maximum absolute atomic E-state index is 11.8. The van der Waals surface area contributed by atoms with Crippen LogP contribution in [0, 0.1) is 16.0 Å². The summed E-state index contributed by atoms with van der Waals surface area (Å²) in [6.45, 7) is 0. The molecule has 18 heavy (non-hydrogen) atoms. The van der Waals surface area contributed by atoms with Crippen molar-refractivity contribution < 1.29 is 9.72 Å². The minimum absolute atomic E-state index is 0.00791. The van der Waals surface area contributed by atoms with Crippen LogP contribution in [0.2, 0.25) is 0 Å². The number of benzene rings is 1. The average Bonchev–Trinajstić information content (AvgIpc) is 2.81. The Bertz CT molecular complexity index is 541. The number of non-ortho nitro benzene ring substituents is 1. The van der Waals surface area contributed by atoms with Gasteiger partial charge in [-0.1, -0.05) is 12.1 Å². The smallest absolute Gasteiger partial charge is 0.269 e. The maximum Gasteiger partial charge on any atom is 0.269 e. The van der Waals surface area contributed by atoms with Gasteiger partial charge in [0.2, 0.25) is 5.91 Å². The van der Waals surface area contributed by atoms with E-state index in [-0.39, 0.29) is 22.9 Å². The lowest BCUT2D eigenvalue weighted by Crippen LogP contribution is -2.55. The van der Waals surface area contributed by atoms with Crippen LogP contribution in [0.1, 0.15) is 5.56 Å². The van der Waals surface area contributed by atoms with Gasteiger partial charge in [-0.3, -0.25) is 14.9 Å². The van der Waals surface area contributed by atoms with Gasteiger partial charge < -0.3 is 4.90 Å². The summed E-state index contributed by atoms with van der Waals surface area (Å²) in [6.07, 6.45) is 2.46. The molecule has 0 spiro atoms. The van der Waals surface area contributed by atoms with Crippen LogP contribution in [-0.2, 0) is 11.2 Å². The third-order valence-electron chi connectivity index (χ3n) is 3.23. The Labute approximate surface area is 108 Å². The zero-order valence-electron chi connectivity index (χ0n) is 9.35. The first-order valence-corrected chi connectivity index (χ1v) is 6.49. The molecule has 3 rings (SSSR count). The van der Waals surface area contributed by atoms with Crippen LogP contribution < -0.4 is 0 Å². The number of β-lactam (4-membered cyclic amide) rings is 1. The highest BCUT2D eigenvalue weighted by Gasteiger charge is 2.48. The van der Waals surface area contributed by atoms with Crippen LogP contribution in [0.5, 0.6) is 0 Å². The highest BCUT2D eigenvalue weighted by molar-refractivity contribution is 8.03. The molecule has 1 amide bonds. The molecule has 5 nitrogen and oxygen atoms in total. The molecule has 0 N–H and O–H groups in total. The van der Waals surface area contributed by atoms with E-state index in [1.165, 1.54) is 12.1 Å². The Balaban J connectivity index is 1.70. The predicted molar refractivity (Wildman–Crippen MR) is 67.7 cm³/mol. The van der Waals surface area contributed by atoms with Gasteiger partial charge in [0.05, 0.1) is 16.2 Å². The van der Waals surface area contributed by atoms with Gasteiger partial charge >= 0.3 is 0 Å². The highest BCUT2D eigenvalue weighted by atomic mass is 32.2. The fraction of sp³-hybridized carbons (Fsp3) is 0.250. The third kappa shape index (κ3) is 1.69. The van der Waals surface area contributed by atoms with Gasteiger partial charge in [-0.05, 0) is 17.4 Å². The quantitative estimate of drug-likeness (QED) is 0.475. The summed E-state index contributed by atoms with van der Waals surface area (Å²) in [5.74, 6) is 0.131. The first-order valence-electron chi connectivity index (χ1n) is 5.54. The third-order valence-corrected chi connectivity index (χ3v) is 4.35. The Morgan fingerprint density at radius 1 is 1.33 bits per heavy atom. The molecule has 1 fully saturated rings. The van der Waals surface area contributed by atoms with Gasteiger partial charge in [0.15, 0.2) is 0 Å². The minimum atomic E-state index is -0.420. The molecule has 1 aromatic carbocycles. The van der Waals surface area contributed by atoms with Crippen LogP contribution in [0.25, 0.3) is 0 Å². The molecular formula is C12H10N2O3S. The fourth-order valence-corrected chi connectivity index (χ4v) is 3.32. The zero-order chi connectivity index (χ0) is 12.7. The first kappa shape index (κ1) is 11.3. The lowest BCUT2D eigenvalue weighted by Gasteiger charge is -2.41. The Morgan fingerprint density at radius 3 is 2.72 bits per heavy atom. The lowest BCUT2D eigenvalue weighted by molar-refractivity contribution is -0.384. The SMILES string of the molecule is O=C1C(Cc2ccc([N+](=O)[O-])cc2)[C@@H]2SC=CN12. The number of rotatable bonds is 3. The first-order chi connectivity index (χ1) is 8.66. The topological polar surface area (TPSA) is 63.4 Å². The van der Waals surface area contributed by atoms with E-state index in [9.17, 15) is 14.9 Å². The standard InChI is InChI=1S/C12H10N2O3S/c15-11-10(12-13(11)5-6-18-12)7-8-1-3-9(4-2-8)14(16)17/h1-6,10,12H,7H2/t10?,12-/m0/s1. The molecule has 2 heterocycles. The van der Waals surface area contributed by atoms with Gasteiger partial charge in [0.1, 0.15) is 0 Å². The summed E-state index contributed by atoms with van der Waals surface area (Å²) < 4.78 is 0.